The van der Waals surface area contributed by atoms with E-state index in [0.29, 0.717) is 51.5 Å². The van der Waals surface area contributed by atoms with E-state index in [1.807, 2.05) is 0 Å². The molecule has 0 spiro atoms. The zero-order valence-electron chi connectivity index (χ0n) is 43.6. The van der Waals surface area contributed by atoms with Gasteiger partial charge in [-0.25, -0.2) is 0 Å². The second kappa shape index (κ2) is 34.4. The van der Waals surface area contributed by atoms with E-state index >= 15 is 0 Å². The van der Waals surface area contributed by atoms with E-state index in [4.69, 9.17) is 34.2 Å². The number of nitrogens with one attached hydrogen (secondary N) is 4. The first-order valence-electron chi connectivity index (χ1n) is 26.1. The van der Waals surface area contributed by atoms with E-state index in [1.54, 1.807) is 0 Å². The first-order valence-corrected chi connectivity index (χ1v) is 26.1. The van der Waals surface area contributed by atoms with E-state index in [9.17, 15) is 74.7 Å². The molecule has 0 unspecified atom stereocenters. The van der Waals surface area contributed by atoms with Gasteiger partial charge in [0.1, 0.15) is 60.7 Å². The van der Waals surface area contributed by atoms with Crippen molar-refractivity contribution in [1.29, 1.82) is 0 Å². The van der Waals surface area contributed by atoms with Gasteiger partial charge in [-0.15, -0.1) is 0 Å². The minimum Gasteiger partial charge on any atom is -0.388 e. The molecule has 3 aliphatic rings. The van der Waals surface area contributed by atoms with Crippen molar-refractivity contribution in [2.24, 2.45) is 5.73 Å². The summed E-state index contributed by atoms with van der Waals surface area (Å²) in [4.78, 5) is 79.8. The highest BCUT2D eigenvalue weighted by atomic mass is 16.7. The Hall–Kier alpha value is -3.46. The van der Waals surface area contributed by atoms with Crippen molar-refractivity contribution in [2.75, 3.05) is 59.1 Å². The van der Waals surface area contributed by atoms with Gasteiger partial charge in [-0.2, -0.15) is 0 Å². The maximum Gasteiger partial charge on any atom is 0.237 e. The largest absolute Gasteiger partial charge is 0.388 e. The highest BCUT2D eigenvalue weighted by molar-refractivity contribution is 5.87. The van der Waals surface area contributed by atoms with Crippen LogP contribution >= 0.6 is 0 Å². The number of rotatable bonds is 35. The van der Waals surface area contributed by atoms with Gasteiger partial charge in [0, 0.05) is 38.9 Å². The molecule has 0 aromatic carbocycles. The lowest BCUT2D eigenvalue weighted by atomic mass is 10.0. The molecule has 0 aliphatic carbocycles. The Morgan fingerprint density at radius 3 is 1.33 bits per heavy atom. The molecule has 3 rings (SSSR count). The molecule has 0 aromatic rings. The summed E-state index contributed by atoms with van der Waals surface area (Å²) < 4.78 is 32.9. The Kier molecular flexibility index (Phi) is 30.2. The van der Waals surface area contributed by atoms with Crippen molar-refractivity contribution in [3.05, 3.63) is 0 Å². The molecule has 17 atom stereocenters. The zero-order valence-corrected chi connectivity index (χ0v) is 43.6. The van der Waals surface area contributed by atoms with Crippen LogP contribution in [0.15, 0.2) is 0 Å². The lowest BCUT2D eigenvalue weighted by Crippen LogP contribution is -2.58. The summed E-state index contributed by atoms with van der Waals surface area (Å²) in [6.45, 7) is 4.14. The number of nitrogens with zero attached hydrogens (tertiary/aromatic N) is 1. The van der Waals surface area contributed by atoms with Crippen LogP contribution in [0.3, 0.4) is 0 Å². The smallest absolute Gasteiger partial charge is 0.237 e. The number of nitrogens with two attached hydrogens (primary N) is 1. The summed E-state index contributed by atoms with van der Waals surface area (Å²) >= 11 is 0. The number of amides is 4. The van der Waals surface area contributed by atoms with Crippen LogP contribution in [0.4, 0.5) is 0 Å². The number of Topliss-reactive ketones (excluding diaryl/α,β-unsaturated/α-hetero) is 2. The first kappa shape index (κ1) is 65.8. The molecule has 3 fully saturated rings. The van der Waals surface area contributed by atoms with E-state index in [-0.39, 0.29) is 82.6 Å². The lowest BCUT2D eigenvalue weighted by molar-refractivity contribution is -0.292. The topological polar surface area (TPSA) is 417 Å². The Bertz CT molecular complexity index is 1690. The van der Waals surface area contributed by atoms with Crippen molar-refractivity contribution in [3.63, 3.8) is 0 Å². The monoisotopic (exact) mass is 1080 g/mol. The number of carbonyl (C=O) groups is 6. The Labute approximate surface area is 437 Å². The molecule has 27 heteroatoms. The van der Waals surface area contributed by atoms with Crippen molar-refractivity contribution >= 4 is 35.2 Å². The highest BCUT2D eigenvalue weighted by Crippen LogP contribution is 2.24. The molecule has 434 valence electrons. The van der Waals surface area contributed by atoms with Gasteiger partial charge in [-0.1, -0.05) is 12.8 Å². The quantitative estimate of drug-likeness (QED) is 0.0264. The molecule has 0 radical (unpaired) electrons. The number of carbonyl (C=O) groups excluding carboxylic acids is 6. The number of unbranched alkanes of at least 4 members (excludes halogenated alkanes) is 4. The lowest BCUT2D eigenvalue weighted by Gasteiger charge is -2.39. The molecule has 0 saturated carbocycles. The summed E-state index contributed by atoms with van der Waals surface area (Å²) in [7, 11) is 0. The number of ether oxygens (including phenoxy) is 6. The molecule has 3 aliphatic heterocycles. The summed E-state index contributed by atoms with van der Waals surface area (Å²) in [5, 5.41) is 102. The van der Waals surface area contributed by atoms with Crippen molar-refractivity contribution in [3.8, 4) is 0 Å². The van der Waals surface area contributed by atoms with Gasteiger partial charge in [-0.3, -0.25) is 33.7 Å². The van der Waals surface area contributed by atoms with Crippen LogP contribution in [0, 0.1) is 0 Å². The Morgan fingerprint density at radius 2 is 0.907 bits per heavy atom. The van der Waals surface area contributed by atoms with E-state index in [1.165, 1.54) is 32.6 Å². The zero-order chi connectivity index (χ0) is 55.8. The van der Waals surface area contributed by atoms with E-state index in [2.05, 4.69) is 21.3 Å². The third kappa shape index (κ3) is 22.4. The number of aliphatic hydroxyl groups excluding tert-OH is 9. The SMILES string of the molecule is CC(=O)[C@H](CCCCN)NC(=O)CCCCC(=O)CCCCC[C@@H](C(=O)NCCO[C@@H]1O[C@@H](C)[C@@H](O)[C@@H](O)[C@@H]1O)N(CC(=O)NCCO[C@@H]1O[C@@H](C)[C@@H](O)[C@@H](O)[C@@H]1O)CC(=O)NCCO[C@@H]1O[C@@H](C)[C@@H](O)[C@@H](O)[C@@H]1O. The summed E-state index contributed by atoms with van der Waals surface area (Å²) in [6.07, 6.45) is -15.3. The second-order valence-corrected chi connectivity index (χ2v) is 19.4. The van der Waals surface area contributed by atoms with Crippen LogP contribution in [0.1, 0.15) is 105 Å². The highest BCUT2D eigenvalue weighted by Gasteiger charge is 2.44. The molecule has 27 nitrogen and oxygen atoms in total. The molecule has 15 N–H and O–H groups in total. The summed E-state index contributed by atoms with van der Waals surface area (Å²) in [5.41, 5.74) is 5.54. The number of hydrogen-bond donors (Lipinski definition) is 14. The average Bonchev–Trinajstić information content (AvgIpc) is 3.37. The van der Waals surface area contributed by atoms with Crippen LogP contribution in [-0.2, 0) is 57.2 Å². The maximum absolute atomic E-state index is 14.1. The molecule has 0 bridgehead atoms. The number of aliphatic hydroxyl groups is 9. The van der Waals surface area contributed by atoms with Crippen LogP contribution in [0.5, 0.6) is 0 Å². The van der Waals surface area contributed by atoms with Crippen molar-refractivity contribution < 1.29 is 103 Å². The van der Waals surface area contributed by atoms with Gasteiger partial charge in [0.25, 0.3) is 0 Å². The minimum atomic E-state index is -1.60. The predicted octanol–water partition coefficient (Wildman–Crippen LogP) is -5.18. The molecular formula is C48H86N6O21. The van der Waals surface area contributed by atoms with Crippen LogP contribution in [-0.4, -0.2) is 249 Å². The third-order valence-corrected chi connectivity index (χ3v) is 13.3. The van der Waals surface area contributed by atoms with E-state index < -0.39 is 135 Å². The molecule has 3 heterocycles. The van der Waals surface area contributed by atoms with Gasteiger partial charge >= 0.3 is 0 Å². The fourth-order valence-corrected chi connectivity index (χ4v) is 8.59. The fourth-order valence-electron chi connectivity index (χ4n) is 8.59. The average molecular weight is 1080 g/mol. The maximum atomic E-state index is 14.1. The molecule has 3 saturated heterocycles. The Balaban J connectivity index is 1.66. The van der Waals surface area contributed by atoms with Gasteiger partial charge in [0.05, 0.1) is 63.3 Å². The first-order chi connectivity index (χ1) is 35.6. The number of ketones is 2. The standard InChI is InChI=1S/C48H86N6O21/c1-26(55)31(14-10-11-17-49)53-33(57)16-9-8-13-30(56)12-6-5-7-15-32(45(69)52-20-23-72-48-44(68)41(65)38(62)29(4)75-48)54(24-34(58)50-18-21-70-46-42(66)39(63)36(60)27(2)73-46)25-35(59)51-19-22-71-47-43(67)40(64)37(61)28(3)74-47/h27-29,31-32,36-44,46-48,60-68H,5-25,49H2,1-4H3,(H,50,58)(H,51,59)(H,52,69)(H,53,57)/t27-,28-,29-,31-,32-,36+,37+,38+,39+,40+,41+,42-,43-,44-,46+,47+,48+/m0/s1. The third-order valence-electron chi connectivity index (χ3n) is 13.3. The van der Waals surface area contributed by atoms with Crippen molar-refractivity contribution in [2.45, 2.75) is 209 Å². The summed E-state index contributed by atoms with van der Waals surface area (Å²) in [6, 6.07) is -1.74. The molecular weight excluding hydrogens is 997 g/mol. The summed E-state index contributed by atoms with van der Waals surface area (Å²) in [5.74, 6) is -2.40. The van der Waals surface area contributed by atoms with Crippen LogP contribution in [0.2, 0.25) is 0 Å². The van der Waals surface area contributed by atoms with Crippen LogP contribution < -0.4 is 27.0 Å². The minimum absolute atomic E-state index is 0.0276. The Morgan fingerprint density at radius 1 is 0.507 bits per heavy atom. The van der Waals surface area contributed by atoms with Gasteiger partial charge in [0.2, 0.25) is 23.6 Å². The van der Waals surface area contributed by atoms with E-state index in [0.717, 1.165) is 6.42 Å². The molecule has 4 amide bonds. The molecule has 0 aromatic heterocycles. The van der Waals surface area contributed by atoms with Gasteiger partial charge in [-0.05, 0) is 79.2 Å². The van der Waals surface area contributed by atoms with Gasteiger partial charge in [0.15, 0.2) is 24.7 Å². The van der Waals surface area contributed by atoms with Gasteiger partial charge < -0.3 is 101 Å². The second-order valence-electron chi connectivity index (χ2n) is 19.4. The normalized spacial score (nSPS) is 30.8. The number of hydrogen-bond acceptors (Lipinski definition) is 23. The fraction of sp³-hybridized carbons (Fsp3) is 0.875. The molecule has 75 heavy (non-hydrogen) atoms. The van der Waals surface area contributed by atoms with Crippen LogP contribution in [0.25, 0.3) is 0 Å². The van der Waals surface area contributed by atoms with Crippen molar-refractivity contribution in [1.82, 2.24) is 26.2 Å². The predicted molar refractivity (Wildman–Crippen MR) is 261 cm³/mol.